The molecule has 0 heterocycles. The first kappa shape index (κ1) is 15.3. The van der Waals surface area contributed by atoms with Crippen molar-refractivity contribution in [1.29, 1.82) is 0 Å². The molecule has 0 atom stereocenters. The molecule has 1 aliphatic carbocycles. The van der Waals surface area contributed by atoms with Crippen LogP contribution in [0.3, 0.4) is 0 Å². The fraction of sp³-hybridized carbons (Fsp3) is 0.600. The topological polar surface area (TPSA) is 63.4 Å². The molecule has 4 nitrogen and oxygen atoms in total. The largest absolute Gasteiger partial charge is 0.398 e. The van der Waals surface area contributed by atoms with Crippen LogP contribution in [-0.4, -0.2) is 25.8 Å². The fourth-order valence-electron chi connectivity index (χ4n) is 2.86. The lowest BCUT2D eigenvalue weighted by Crippen LogP contribution is -2.39. The van der Waals surface area contributed by atoms with E-state index in [1.807, 2.05) is 6.92 Å². The highest BCUT2D eigenvalue weighted by atomic mass is 32.2. The van der Waals surface area contributed by atoms with Crippen molar-refractivity contribution in [2.45, 2.75) is 50.5 Å². The zero-order valence-electron chi connectivity index (χ0n) is 12.5. The van der Waals surface area contributed by atoms with Crippen molar-refractivity contribution in [3.63, 3.8) is 0 Å². The maximum absolute atomic E-state index is 12.7. The Kier molecular flexibility index (Phi) is 4.39. The molecule has 0 saturated heterocycles. The second-order valence-corrected chi connectivity index (χ2v) is 7.94. The number of anilines is 1. The normalized spacial score (nSPS) is 24.0. The third-order valence-corrected chi connectivity index (χ3v) is 6.31. The molecule has 0 bridgehead atoms. The third-order valence-electron chi connectivity index (χ3n) is 4.32. The number of benzene rings is 1. The Hall–Kier alpha value is -1.07. The van der Waals surface area contributed by atoms with Crippen molar-refractivity contribution in [3.8, 4) is 0 Å². The molecule has 0 aliphatic heterocycles. The zero-order valence-corrected chi connectivity index (χ0v) is 13.3. The predicted molar refractivity (Wildman–Crippen MR) is 82.0 cm³/mol. The summed E-state index contributed by atoms with van der Waals surface area (Å²) in [5, 5.41) is 0. The first-order chi connectivity index (χ1) is 9.32. The van der Waals surface area contributed by atoms with Crippen LogP contribution in [0.5, 0.6) is 0 Å². The molecule has 1 aromatic rings. The summed E-state index contributed by atoms with van der Waals surface area (Å²) in [5.41, 5.74) is 7.19. The molecule has 5 heteroatoms. The van der Waals surface area contributed by atoms with E-state index in [0.29, 0.717) is 11.6 Å². The van der Waals surface area contributed by atoms with Gasteiger partial charge >= 0.3 is 0 Å². The quantitative estimate of drug-likeness (QED) is 0.872. The van der Waals surface area contributed by atoms with Gasteiger partial charge in [-0.1, -0.05) is 13.0 Å². The van der Waals surface area contributed by atoms with Crippen LogP contribution < -0.4 is 5.73 Å². The molecule has 0 radical (unpaired) electrons. The van der Waals surface area contributed by atoms with Crippen molar-refractivity contribution >= 4 is 15.7 Å². The van der Waals surface area contributed by atoms with Crippen LogP contribution in [0.2, 0.25) is 0 Å². The number of sulfonamides is 1. The molecular formula is C15H24N2O2S. The number of hydrogen-bond acceptors (Lipinski definition) is 3. The Balaban J connectivity index is 2.25. The summed E-state index contributed by atoms with van der Waals surface area (Å²) in [6.45, 7) is 4.13. The Morgan fingerprint density at radius 2 is 1.80 bits per heavy atom. The lowest BCUT2D eigenvalue weighted by molar-refractivity contribution is 0.246. The SMILES string of the molecule is Cc1ccc(S(=O)(=O)N(C)C2CCC(C)CC2)c(N)c1. The van der Waals surface area contributed by atoms with E-state index in [4.69, 9.17) is 5.73 Å². The van der Waals surface area contributed by atoms with E-state index < -0.39 is 10.0 Å². The molecule has 112 valence electrons. The highest BCUT2D eigenvalue weighted by molar-refractivity contribution is 7.89. The van der Waals surface area contributed by atoms with Crippen LogP contribution in [0.1, 0.15) is 38.2 Å². The molecule has 2 rings (SSSR count). The molecule has 0 aromatic heterocycles. The number of nitrogen functional groups attached to an aromatic ring is 1. The molecule has 1 saturated carbocycles. The van der Waals surface area contributed by atoms with E-state index in [1.54, 1.807) is 25.2 Å². The Labute approximate surface area is 122 Å². The van der Waals surface area contributed by atoms with Gasteiger partial charge in [-0.05, 0) is 56.2 Å². The molecule has 0 unspecified atom stereocenters. The molecular weight excluding hydrogens is 272 g/mol. The zero-order chi connectivity index (χ0) is 14.9. The van der Waals surface area contributed by atoms with Crippen molar-refractivity contribution in [3.05, 3.63) is 23.8 Å². The summed E-state index contributed by atoms with van der Waals surface area (Å²) in [6, 6.07) is 5.21. The Morgan fingerprint density at radius 1 is 1.20 bits per heavy atom. The Bertz CT molecular complexity index is 576. The minimum atomic E-state index is -3.50. The van der Waals surface area contributed by atoms with Gasteiger partial charge in [-0.3, -0.25) is 0 Å². The van der Waals surface area contributed by atoms with Gasteiger partial charge in [0.1, 0.15) is 4.90 Å². The van der Waals surface area contributed by atoms with Gasteiger partial charge in [0.05, 0.1) is 5.69 Å². The average Bonchev–Trinajstić information content (AvgIpc) is 2.38. The summed E-state index contributed by atoms with van der Waals surface area (Å²) < 4.78 is 26.9. The standard InChI is InChI=1S/C15H24N2O2S/c1-11-4-7-13(8-5-11)17(3)20(18,19)15-9-6-12(2)10-14(15)16/h6,9-11,13H,4-5,7-8,16H2,1-3H3. The molecule has 0 amide bonds. The smallest absolute Gasteiger partial charge is 0.245 e. The van der Waals surface area contributed by atoms with Crippen LogP contribution in [0.25, 0.3) is 0 Å². The summed E-state index contributed by atoms with van der Waals surface area (Å²) in [7, 11) is -1.82. The number of aryl methyl sites for hydroxylation is 1. The van der Waals surface area contributed by atoms with Crippen molar-refractivity contribution in [2.75, 3.05) is 12.8 Å². The van der Waals surface area contributed by atoms with Gasteiger partial charge in [0, 0.05) is 13.1 Å². The first-order valence-electron chi connectivity index (χ1n) is 7.16. The van der Waals surface area contributed by atoms with Crippen LogP contribution in [0.4, 0.5) is 5.69 Å². The predicted octanol–water partition coefficient (Wildman–Crippen LogP) is 2.78. The van der Waals surface area contributed by atoms with Gasteiger partial charge in [-0.2, -0.15) is 4.31 Å². The summed E-state index contributed by atoms with van der Waals surface area (Å²) in [4.78, 5) is 0.226. The van der Waals surface area contributed by atoms with Gasteiger partial charge in [-0.25, -0.2) is 8.42 Å². The number of rotatable bonds is 3. The average molecular weight is 296 g/mol. The lowest BCUT2D eigenvalue weighted by atomic mass is 9.87. The number of nitrogens with zero attached hydrogens (tertiary/aromatic N) is 1. The second-order valence-electron chi connectivity index (χ2n) is 5.98. The van der Waals surface area contributed by atoms with Gasteiger partial charge in [0.2, 0.25) is 10.0 Å². The molecule has 1 fully saturated rings. The van der Waals surface area contributed by atoms with Gasteiger partial charge < -0.3 is 5.73 Å². The summed E-state index contributed by atoms with van der Waals surface area (Å²) in [6.07, 6.45) is 4.05. The first-order valence-corrected chi connectivity index (χ1v) is 8.60. The maximum atomic E-state index is 12.7. The van der Waals surface area contributed by atoms with Crippen LogP contribution in [0.15, 0.2) is 23.1 Å². The van der Waals surface area contributed by atoms with E-state index in [2.05, 4.69) is 6.92 Å². The lowest BCUT2D eigenvalue weighted by Gasteiger charge is -2.33. The fourth-order valence-corrected chi connectivity index (χ4v) is 4.37. The van der Waals surface area contributed by atoms with Crippen molar-refractivity contribution in [2.24, 2.45) is 5.92 Å². The highest BCUT2D eigenvalue weighted by Crippen LogP contribution is 2.31. The molecule has 20 heavy (non-hydrogen) atoms. The monoisotopic (exact) mass is 296 g/mol. The van der Waals surface area contributed by atoms with Crippen molar-refractivity contribution in [1.82, 2.24) is 4.31 Å². The third kappa shape index (κ3) is 2.99. The molecule has 1 aliphatic rings. The van der Waals surface area contributed by atoms with Crippen LogP contribution in [0, 0.1) is 12.8 Å². The second kappa shape index (κ2) is 5.74. The van der Waals surface area contributed by atoms with E-state index >= 15 is 0 Å². The maximum Gasteiger partial charge on any atom is 0.245 e. The highest BCUT2D eigenvalue weighted by Gasteiger charge is 2.31. The molecule has 1 aromatic carbocycles. The number of nitrogens with two attached hydrogens (primary N) is 1. The molecule has 0 spiro atoms. The van der Waals surface area contributed by atoms with Crippen LogP contribution >= 0.6 is 0 Å². The van der Waals surface area contributed by atoms with E-state index in [-0.39, 0.29) is 10.9 Å². The van der Waals surface area contributed by atoms with Gasteiger partial charge in [-0.15, -0.1) is 0 Å². The van der Waals surface area contributed by atoms with Crippen LogP contribution in [-0.2, 0) is 10.0 Å². The Morgan fingerprint density at radius 3 is 2.35 bits per heavy atom. The minimum Gasteiger partial charge on any atom is -0.398 e. The van der Waals surface area contributed by atoms with E-state index in [1.165, 1.54) is 4.31 Å². The number of hydrogen-bond donors (Lipinski definition) is 1. The summed E-state index contributed by atoms with van der Waals surface area (Å²) >= 11 is 0. The van der Waals surface area contributed by atoms with Gasteiger partial charge in [0.15, 0.2) is 0 Å². The minimum absolute atomic E-state index is 0.0944. The molecule has 2 N–H and O–H groups in total. The van der Waals surface area contributed by atoms with Crippen molar-refractivity contribution < 1.29 is 8.42 Å². The summed E-state index contributed by atoms with van der Waals surface area (Å²) in [5.74, 6) is 0.701. The van der Waals surface area contributed by atoms with Gasteiger partial charge in [0.25, 0.3) is 0 Å². The van der Waals surface area contributed by atoms with E-state index in [9.17, 15) is 8.42 Å². The van der Waals surface area contributed by atoms with E-state index in [0.717, 1.165) is 31.2 Å².